The average molecular weight is 301 g/mol. The Bertz CT molecular complexity index is 555. The summed E-state index contributed by atoms with van der Waals surface area (Å²) < 4.78 is 0. The minimum absolute atomic E-state index is 0.197. The molecule has 120 valence electrons. The summed E-state index contributed by atoms with van der Waals surface area (Å²) in [6.45, 7) is 5.43. The highest BCUT2D eigenvalue weighted by Crippen LogP contribution is 2.30. The molecule has 0 radical (unpaired) electrons. The van der Waals surface area contributed by atoms with E-state index in [4.69, 9.17) is 0 Å². The van der Waals surface area contributed by atoms with Crippen LogP contribution in [0, 0.1) is 5.92 Å². The minimum Gasteiger partial charge on any atom is -0.508 e. The molecule has 1 aromatic carbocycles. The van der Waals surface area contributed by atoms with E-state index in [-0.39, 0.29) is 11.5 Å². The van der Waals surface area contributed by atoms with Crippen molar-refractivity contribution in [1.29, 1.82) is 0 Å². The van der Waals surface area contributed by atoms with E-state index in [0.717, 1.165) is 25.8 Å². The number of rotatable bonds is 5. The van der Waals surface area contributed by atoms with Gasteiger partial charge in [0.05, 0.1) is 0 Å². The number of likely N-dealkylation sites (N-methyl/N-ethyl adjacent to an activating group) is 1. The zero-order valence-electron chi connectivity index (χ0n) is 13.8. The van der Waals surface area contributed by atoms with Crippen LogP contribution < -0.4 is 0 Å². The summed E-state index contributed by atoms with van der Waals surface area (Å²) in [5.41, 5.74) is 3.47. The monoisotopic (exact) mass is 301 g/mol. The van der Waals surface area contributed by atoms with Crippen molar-refractivity contribution in [2.75, 3.05) is 13.6 Å². The molecule has 0 bridgehead atoms. The molecule has 1 atom stereocenters. The van der Waals surface area contributed by atoms with Crippen molar-refractivity contribution >= 4 is 0 Å². The van der Waals surface area contributed by atoms with Gasteiger partial charge in [0.15, 0.2) is 0 Å². The van der Waals surface area contributed by atoms with Gasteiger partial charge in [-0.3, -0.25) is 0 Å². The number of benzene rings is 1. The van der Waals surface area contributed by atoms with Crippen LogP contribution in [0.15, 0.2) is 41.6 Å². The summed E-state index contributed by atoms with van der Waals surface area (Å²) in [5.74, 6) is 0.932. The molecule has 0 saturated heterocycles. The minimum atomic E-state index is 0.197. The second kappa shape index (κ2) is 7.39. The zero-order chi connectivity index (χ0) is 16.1. The van der Waals surface area contributed by atoms with Crippen LogP contribution in [0.3, 0.4) is 0 Å². The van der Waals surface area contributed by atoms with Gasteiger partial charge in [-0.25, -0.2) is 0 Å². The molecule has 2 rings (SSSR count). The van der Waals surface area contributed by atoms with Gasteiger partial charge in [-0.05, 0) is 56.7 Å². The maximum absolute atomic E-state index is 9.82. The number of nitrogens with zero attached hydrogens (tertiary/aromatic N) is 1. The highest BCUT2D eigenvalue weighted by atomic mass is 16.3. The molecule has 0 fully saturated rings. The van der Waals surface area contributed by atoms with Crippen molar-refractivity contribution in [1.82, 2.24) is 4.90 Å². The number of hydrogen-bond acceptors (Lipinski definition) is 3. The van der Waals surface area contributed by atoms with Crippen LogP contribution in [0.2, 0.25) is 0 Å². The van der Waals surface area contributed by atoms with Crippen LogP contribution in [0.5, 0.6) is 11.5 Å². The van der Waals surface area contributed by atoms with Crippen LogP contribution in [-0.2, 0) is 6.42 Å². The van der Waals surface area contributed by atoms with Crippen molar-refractivity contribution in [3.63, 3.8) is 0 Å². The molecule has 3 nitrogen and oxygen atoms in total. The number of hydrogen-bond donors (Lipinski definition) is 2. The topological polar surface area (TPSA) is 43.7 Å². The lowest BCUT2D eigenvalue weighted by Crippen LogP contribution is -2.24. The Morgan fingerprint density at radius 3 is 2.59 bits per heavy atom. The van der Waals surface area contributed by atoms with E-state index in [9.17, 15) is 10.2 Å². The molecule has 0 spiro atoms. The molecular formula is C19H27NO2. The number of phenolic OH excluding ortho intramolecular Hbond substituents is 2. The van der Waals surface area contributed by atoms with E-state index >= 15 is 0 Å². The van der Waals surface area contributed by atoms with Crippen LogP contribution in [0.25, 0.3) is 0 Å². The lowest BCUT2D eigenvalue weighted by Gasteiger charge is -2.29. The van der Waals surface area contributed by atoms with Gasteiger partial charge in [-0.1, -0.05) is 24.6 Å². The number of allylic oxidation sites excluding steroid dienone is 2. The van der Waals surface area contributed by atoms with Crippen molar-refractivity contribution in [3.8, 4) is 11.5 Å². The Hall–Kier alpha value is -1.90. The van der Waals surface area contributed by atoms with Gasteiger partial charge in [0, 0.05) is 24.9 Å². The van der Waals surface area contributed by atoms with Gasteiger partial charge < -0.3 is 15.1 Å². The third-order valence-corrected chi connectivity index (χ3v) is 4.63. The standard InChI is InChI=1S/C19H27NO2/c1-4-16-13-15(11-12-20(16)3)14(2)7-5-8-17-18(21)9-6-10-19(17)22/h4,6,9-10,13-14,21-22H,5,7-8,11-12H2,1-3H3. The Kier molecular flexibility index (Phi) is 5.53. The smallest absolute Gasteiger partial charge is 0.122 e. The van der Waals surface area contributed by atoms with Gasteiger partial charge >= 0.3 is 0 Å². The normalized spacial score (nSPS) is 18.4. The van der Waals surface area contributed by atoms with Gasteiger partial charge in [-0.2, -0.15) is 0 Å². The molecule has 0 aromatic heterocycles. The van der Waals surface area contributed by atoms with E-state index in [1.807, 2.05) is 0 Å². The molecule has 2 N–H and O–H groups in total. The summed E-state index contributed by atoms with van der Waals surface area (Å²) in [6.07, 6.45) is 8.34. The van der Waals surface area contributed by atoms with Crippen LogP contribution in [-0.4, -0.2) is 28.7 Å². The van der Waals surface area contributed by atoms with Gasteiger partial charge in [0.25, 0.3) is 0 Å². The van der Waals surface area contributed by atoms with E-state index in [1.54, 1.807) is 18.2 Å². The van der Waals surface area contributed by atoms with Crippen molar-refractivity contribution in [3.05, 3.63) is 47.2 Å². The molecule has 0 saturated carbocycles. The predicted octanol–water partition coefficient (Wildman–Crippen LogP) is 4.22. The lowest BCUT2D eigenvalue weighted by molar-refractivity contribution is 0.399. The summed E-state index contributed by atoms with van der Waals surface area (Å²) in [5, 5.41) is 19.6. The van der Waals surface area contributed by atoms with Crippen LogP contribution in [0.4, 0.5) is 0 Å². The molecule has 1 unspecified atom stereocenters. The Balaban J connectivity index is 1.92. The van der Waals surface area contributed by atoms with Gasteiger partial charge in [0.1, 0.15) is 11.5 Å². The van der Waals surface area contributed by atoms with E-state index in [0.29, 0.717) is 17.9 Å². The summed E-state index contributed by atoms with van der Waals surface area (Å²) >= 11 is 0. The molecule has 1 heterocycles. The first-order valence-electron chi connectivity index (χ1n) is 8.10. The zero-order valence-corrected chi connectivity index (χ0v) is 13.8. The van der Waals surface area contributed by atoms with Crippen molar-refractivity contribution in [2.24, 2.45) is 5.92 Å². The molecule has 3 heteroatoms. The fraction of sp³-hybridized carbons (Fsp3) is 0.474. The summed E-state index contributed by atoms with van der Waals surface area (Å²) in [7, 11) is 2.13. The van der Waals surface area contributed by atoms with E-state index in [2.05, 4.69) is 37.9 Å². The quantitative estimate of drug-likeness (QED) is 0.855. The maximum atomic E-state index is 9.82. The van der Waals surface area contributed by atoms with E-state index < -0.39 is 0 Å². The molecule has 1 aromatic rings. The molecule has 1 aliphatic rings. The fourth-order valence-corrected chi connectivity index (χ4v) is 3.08. The highest BCUT2D eigenvalue weighted by Gasteiger charge is 2.16. The van der Waals surface area contributed by atoms with Gasteiger partial charge in [0.2, 0.25) is 0 Å². The molecule has 22 heavy (non-hydrogen) atoms. The third-order valence-electron chi connectivity index (χ3n) is 4.63. The Morgan fingerprint density at radius 1 is 1.27 bits per heavy atom. The van der Waals surface area contributed by atoms with Crippen LogP contribution >= 0.6 is 0 Å². The van der Waals surface area contributed by atoms with Crippen LogP contribution in [0.1, 0.15) is 38.7 Å². The summed E-state index contributed by atoms with van der Waals surface area (Å²) in [6, 6.07) is 4.94. The number of aromatic hydroxyl groups is 2. The third kappa shape index (κ3) is 3.85. The molecule has 1 aliphatic heterocycles. The average Bonchev–Trinajstić information content (AvgIpc) is 2.50. The van der Waals surface area contributed by atoms with Gasteiger partial charge in [-0.15, -0.1) is 0 Å². The Labute approximate surface area is 133 Å². The first kappa shape index (κ1) is 16.5. The predicted molar refractivity (Wildman–Crippen MR) is 91.0 cm³/mol. The first-order chi connectivity index (χ1) is 10.5. The lowest BCUT2D eigenvalue weighted by atomic mass is 9.89. The molecule has 0 aliphatic carbocycles. The van der Waals surface area contributed by atoms with E-state index in [1.165, 1.54) is 11.3 Å². The first-order valence-corrected chi connectivity index (χ1v) is 8.10. The highest BCUT2D eigenvalue weighted by molar-refractivity contribution is 5.42. The molecular weight excluding hydrogens is 274 g/mol. The largest absolute Gasteiger partial charge is 0.508 e. The Morgan fingerprint density at radius 2 is 1.95 bits per heavy atom. The van der Waals surface area contributed by atoms with Crippen molar-refractivity contribution < 1.29 is 10.2 Å². The second-order valence-corrected chi connectivity index (χ2v) is 6.17. The summed E-state index contributed by atoms with van der Waals surface area (Å²) in [4.78, 5) is 2.29. The maximum Gasteiger partial charge on any atom is 0.122 e. The molecule has 0 amide bonds. The second-order valence-electron chi connectivity index (χ2n) is 6.17. The fourth-order valence-electron chi connectivity index (χ4n) is 3.08. The van der Waals surface area contributed by atoms with Crippen molar-refractivity contribution in [2.45, 2.75) is 39.5 Å². The SMILES string of the molecule is CC=C1C=C(C(C)CCCc2c(O)cccc2O)CCN1C. The number of phenols is 2.